The second-order valence-corrected chi connectivity index (χ2v) is 2.65. The molecule has 2 aromatic rings. The van der Waals surface area contributed by atoms with Crippen molar-refractivity contribution in [3.05, 3.63) is 30.2 Å². The number of hydrogen-bond acceptors (Lipinski definition) is 2. The number of alkyl halides is 1. The molecule has 0 radical (unpaired) electrons. The van der Waals surface area contributed by atoms with Gasteiger partial charge < -0.3 is 4.42 Å². The van der Waals surface area contributed by atoms with Crippen molar-refractivity contribution < 1.29 is 4.42 Å². The third-order valence-electron chi connectivity index (χ3n) is 1.63. The maximum absolute atomic E-state index is 5.69. The summed E-state index contributed by atoms with van der Waals surface area (Å²) in [4.78, 5) is 0. The largest absolute Gasteiger partial charge is 0.463 e. The van der Waals surface area contributed by atoms with E-state index in [9.17, 15) is 0 Å². The van der Waals surface area contributed by atoms with Crippen LogP contribution < -0.4 is 0 Å². The third kappa shape index (κ3) is 1.12. The minimum atomic E-state index is 0.437. The molecule has 0 amide bonds. The summed E-state index contributed by atoms with van der Waals surface area (Å²) in [6, 6.07) is 3.69. The first-order valence-corrected chi connectivity index (χ1v) is 4.07. The van der Waals surface area contributed by atoms with Gasteiger partial charge >= 0.3 is 0 Å². The van der Waals surface area contributed by atoms with Crippen LogP contribution in [-0.2, 0) is 5.88 Å². The molecule has 2 aromatic heterocycles. The van der Waals surface area contributed by atoms with Gasteiger partial charge in [0, 0.05) is 5.56 Å². The van der Waals surface area contributed by atoms with E-state index in [1.165, 1.54) is 0 Å². The topological polar surface area (TPSA) is 41.8 Å². The molecule has 62 valence electrons. The second-order valence-electron chi connectivity index (χ2n) is 2.38. The zero-order chi connectivity index (χ0) is 8.39. The van der Waals surface area contributed by atoms with Crippen molar-refractivity contribution >= 4 is 11.6 Å². The van der Waals surface area contributed by atoms with Gasteiger partial charge in [-0.3, -0.25) is 5.10 Å². The van der Waals surface area contributed by atoms with Crippen molar-refractivity contribution in [2.45, 2.75) is 5.88 Å². The number of nitrogens with one attached hydrogen (secondary N) is 1. The van der Waals surface area contributed by atoms with Gasteiger partial charge in [-0.2, -0.15) is 5.10 Å². The van der Waals surface area contributed by atoms with Crippen LogP contribution in [0.1, 0.15) is 5.56 Å². The average Bonchev–Trinajstić information content (AvgIpc) is 2.74. The van der Waals surface area contributed by atoms with Crippen LogP contribution in [-0.4, -0.2) is 10.2 Å². The second kappa shape index (κ2) is 3.03. The highest BCUT2D eigenvalue weighted by Gasteiger charge is 2.07. The van der Waals surface area contributed by atoms with Crippen LogP contribution in [0, 0.1) is 0 Å². The van der Waals surface area contributed by atoms with E-state index in [1.54, 1.807) is 12.5 Å². The van der Waals surface area contributed by atoms with Gasteiger partial charge in [0.1, 0.15) is 5.69 Å². The van der Waals surface area contributed by atoms with Crippen molar-refractivity contribution in [2.24, 2.45) is 0 Å². The number of hydrogen-bond donors (Lipinski definition) is 1. The van der Waals surface area contributed by atoms with E-state index in [2.05, 4.69) is 10.2 Å². The van der Waals surface area contributed by atoms with Gasteiger partial charge in [0.05, 0.1) is 18.3 Å². The fraction of sp³-hybridized carbons (Fsp3) is 0.125. The molecule has 0 aromatic carbocycles. The molecule has 0 saturated carbocycles. The maximum atomic E-state index is 5.69. The summed E-state index contributed by atoms with van der Waals surface area (Å²) in [7, 11) is 0. The summed E-state index contributed by atoms with van der Waals surface area (Å²) < 4.78 is 5.19. The Morgan fingerprint density at radius 2 is 2.50 bits per heavy atom. The summed E-state index contributed by atoms with van der Waals surface area (Å²) in [5.41, 5.74) is 1.81. The minimum absolute atomic E-state index is 0.437. The van der Waals surface area contributed by atoms with Gasteiger partial charge in [-0.1, -0.05) is 0 Å². The van der Waals surface area contributed by atoms with Crippen molar-refractivity contribution in [2.75, 3.05) is 0 Å². The van der Waals surface area contributed by atoms with Gasteiger partial charge in [0.25, 0.3) is 0 Å². The van der Waals surface area contributed by atoms with Crippen LogP contribution in [0.3, 0.4) is 0 Å². The molecular formula is C8H7ClN2O. The van der Waals surface area contributed by atoms with Gasteiger partial charge in [-0.15, -0.1) is 11.6 Å². The molecule has 0 bridgehead atoms. The lowest BCUT2D eigenvalue weighted by Gasteiger charge is -1.93. The van der Waals surface area contributed by atoms with Crippen LogP contribution in [0.15, 0.2) is 29.0 Å². The molecule has 3 nitrogen and oxygen atoms in total. The molecule has 12 heavy (non-hydrogen) atoms. The van der Waals surface area contributed by atoms with E-state index in [1.807, 2.05) is 12.1 Å². The predicted molar refractivity (Wildman–Crippen MR) is 45.8 cm³/mol. The lowest BCUT2D eigenvalue weighted by atomic mass is 10.2. The summed E-state index contributed by atoms with van der Waals surface area (Å²) >= 11 is 5.69. The Kier molecular flexibility index (Phi) is 1.87. The van der Waals surface area contributed by atoms with Crippen molar-refractivity contribution in [3.8, 4) is 11.5 Å². The van der Waals surface area contributed by atoms with Gasteiger partial charge in [0.2, 0.25) is 0 Å². The first-order valence-electron chi connectivity index (χ1n) is 3.54. The lowest BCUT2D eigenvalue weighted by molar-refractivity contribution is 0.579. The zero-order valence-corrected chi connectivity index (χ0v) is 7.01. The monoisotopic (exact) mass is 182 g/mol. The Morgan fingerprint density at radius 3 is 3.17 bits per heavy atom. The summed E-state index contributed by atoms with van der Waals surface area (Å²) in [6.45, 7) is 0. The normalized spacial score (nSPS) is 10.4. The Balaban J connectivity index is 2.46. The Morgan fingerprint density at radius 1 is 1.58 bits per heavy atom. The Bertz CT molecular complexity index is 353. The first-order chi connectivity index (χ1) is 5.92. The molecule has 0 aliphatic carbocycles. The minimum Gasteiger partial charge on any atom is -0.463 e. The molecule has 0 aliphatic rings. The van der Waals surface area contributed by atoms with E-state index in [0.29, 0.717) is 5.88 Å². The molecule has 0 unspecified atom stereocenters. The van der Waals surface area contributed by atoms with Crippen molar-refractivity contribution in [3.63, 3.8) is 0 Å². The third-order valence-corrected chi connectivity index (χ3v) is 1.92. The van der Waals surface area contributed by atoms with Crippen LogP contribution >= 0.6 is 11.6 Å². The zero-order valence-electron chi connectivity index (χ0n) is 6.25. The molecule has 0 aliphatic heterocycles. The van der Waals surface area contributed by atoms with Crippen LogP contribution in [0.2, 0.25) is 0 Å². The molecule has 4 heteroatoms. The number of H-pyrrole nitrogens is 1. The molecule has 2 rings (SSSR count). The Hall–Kier alpha value is -1.22. The fourth-order valence-corrected chi connectivity index (χ4v) is 1.25. The van der Waals surface area contributed by atoms with Crippen LogP contribution in [0.4, 0.5) is 0 Å². The average molecular weight is 183 g/mol. The van der Waals surface area contributed by atoms with Gasteiger partial charge in [0.15, 0.2) is 5.76 Å². The SMILES string of the molecule is ClCc1cn[nH]c1-c1ccco1. The smallest absolute Gasteiger partial charge is 0.151 e. The molecule has 0 spiro atoms. The molecule has 2 heterocycles. The number of furan rings is 1. The number of rotatable bonds is 2. The molecule has 0 saturated heterocycles. The van der Waals surface area contributed by atoms with E-state index in [4.69, 9.17) is 16.0 Å². The van der Waals surface area contributed by atoms with E-state index in [-0.39, 0.29) is 0 Å². The summed E-state index contributed by atoms with van der Waals surface area (Å²) in [5, 5.41) is 6.71. The Labute approximate surface area is 74.3 Å². The van der Waals surface area contributed by atoms with Crippen LogP contribution in [0.5, 0.6) is 0 Å². The fourth-order valence-electron chi connectivity index (χ4n) is 1.05. The highest BCUT2D eigenvalue weighted by molar-refractivity contribution is 6.17. The number of halogens is 1. The van der Waals surface area contributed by atoms with Crippen LogP contribution in [0.25, 0.3) is 11.5 Å². The van der Waals surface area contributed by atoms with E-state index < -0.39 is 0 Å². The van der Waals surface area contributed by atoms with Crippen molar-refractivity contribution in [1.29, 1.82) is 0 Å². The van der Waals surface area contributed by atoms with E-state index >= 15 is 0 Å². The number of aromatic nitrogens is 2. The quantitative estimate of drug-likeness (QED) is 0.725. The molecule has 0 atom stereocenters. The highest BCUT2D eigenvalue weighted by atomic mass is 35.5. The maximum Gasteiger partial charge on any atom is 0.151 e. The van der Waals surface area contributed by atoms with Gasteiger partial charge in [-0.05, 0) is 12.1 Å². The van der Waals surface area contributed by atoms with Gasteiger partial charge in [-0.25, -0.2) is 0 Å². The van der Waals surface area contributed by atoms with Crippen molar-refractivity contribution in [1.82, 2.24) is 10.2 Å². The lowest BCUT2D eigenvalue weighted by Crippen LogP contribution is -1.79. The predicted octanol–water partition coefficient (Wildman–Crippen LogP) is 2.41. The molecular weight excluding hydrogens is 176 g/mol. The first kappa shape index (κ1) is 7.43. The molecule has 0 fully saturated rings. The number of aromatic amines is 1. The summed E-state index contributed by atoms with van der Waals surface area (Å²) in [5.74, 6) is 1.20. The van der Waals surface area contributed by atoms with E-state index in [0.717, 1.165) is 17.0 Å². The summed E-state index contributed by atoms with van der Waals surface area (Å²) in [6.07, 6.45) is 3.32. The highest BCUT2D eigenvalue weighted by Crippen LogP contribution is 2.22. The molecule has 1 N–H and O–H groups in total. The number of nitrogens with zero attached hydrogens (tertiary/aromatic N) is 1. The standard InChI is InChI=1S/C8H7ClN2O/c9-4-6-5-10-11-8(6)7-2-1-3-12-7/h1-3,5H,4H2,(H,10,11).